The lowest BCUT2D eigenvalue weighted by Gasteiger charge is -2.51. The van der Waals surface area contributed by atoms with E-state index in [1.165, 1.54) is 24.8 Å². The standard InChI is InChI=1S/C16H23NO/c1-11-8-15(12-4-3-5-14(18)9-12)13-6-7-17-16(11,2)10-13/h3-5,9,11,13,15,17-18H,6-8,10H2,1-2H3. The molecule has 1 saturated heterocycles. The summed E-state index contributed by atoms with van der Waals surface area (Å²) in [6, 6.07) is 7.89. The number of fused-ring (bicyclic) bond motifs is 2. The third kappa shape index (κ3) is 1.93. The number of aromatic hydroxyl groups is 1. The van der Waals surface area contributed by atoms with Crippen LogP contribution in [0, 0.1) is 11.8 Å². The van der Waals surface area contributed by atoms with Crippen LogP contribution in [0.4, 0.5) is 0 Å². The fourth-order valence-electron chi connectivity index (χ4n) is 3.98. The number of phenols is 1. The summed E-state index contributed by atoms with van der Waals surface area (Å²) in [7, 11) is 0. The Labute approximate surface area is 109 Å². The Bertz CT molecular complexity index is 444. The fourth-order valence-corrected chi connectivity index (χ4v) is 3.98. The van der Waals surface area contributed by atoms with Gasteiger partial charge in [-0.25, -0.2) is 0 Å². The van der Waals surface area contributed by atoms with Gasteiger partial charge in [0, 0.05) is 5.54 Å². The molecule has 98 valence electrons. The van der Waals surface area contributed by atoms with Crippen LogP contribution in [0.2, 0.25) is 0 Å². The van der Waals surface area contributed by atoms with E-state index in [2.05, 4.69) is 25.2 Å². The van der Waals surface area contributed by atoms with Crippen molar-refractivity contribution in [1.82, 2.24) is 5.32 Å². The number of phenolic OH excluding ortho intramolecular Hbond substituents is 1. The molecular formula is C16H23NO. The van der Waals surface area contributed by atoms with E-state index in [0.717, 1.165) is 12.5 Å². The molecule has 0 radical (unpaired) electrons. The Hall–Kier alpha value is -1.02. The van der Waals surface area contributed by atoms with Crippen LogP contribution in [0.1, 0.15) is 44.6 Å². The molecule has 4 unspecified atom stereocenters. The van der Waals surface area contributed by atoms with Crippen molar-refractivity contribution in [3.63, 3.8) is 0 Å². The van der Waals surface area contributed by atoms with E-state index < -0.39 is 0 Å². The SMILES string of the molecule is CC1CC(c2cccc(O)c2)C2CCNC1(C)C2. The zero-order chi connectivity index (χ0) is 12.8. The van der Waals surface area contributed by atoms with Gasteiger partial charge in [0.25, 0.3) is 0 Å². The second-order valence-corrected chi connectivity index (χ2v) is 6.44. The van der Waals surface area contributed by atoms with Crippen LogP contribution in [-0.2, 0) is 0 Å². The molecule has 3 rings (SSSR count). The monoisotopic (exact) mass is 245 g/mol. The van der Waals surface area contributed by atoms with E-state index in [-0.39, 0.29) is 0 Å². The fraction of sp³-hybridized carbons (Fsp3) is 0.625. The van der Waals surface area contributed by atoms with Gasteiger partial charge in [0.15, 0.2) is 0 Å². The van der Waals surface area contributed by atoms with Crippen molar-refractivity contribution in [1.29, 1.82) is 0 Å². The molecule has 2 heteroatoms. The molecule has 2 bridgehead atoms. The molecule has 0 amide bonds. The topological polar surface area (TPSA) is 32.3 Å². The lowest BCUT2D eigenvalue weighted by molar-refractivity contribution is 0.0708. The molecule has 2 aliphatic rings. The van der Waals surface area contributed by atoms with Crippen molar-refractivity contribution in [2.24, 2.45) is 11.8 Å². The number of rotatable bonds is 1. The molecule has 4 atom stereocenters. The minimum atomic E-state index is 0.330. The van der Waals surface area contributed by atoms with Crippen LogP contribution in [0.5, 0.6) is 5.75 Å². The normalized spacial score (nSPS) is 39.6. The lowest BCUT2D eigenvalue weighted by Crippen LogP contribution is -2.57. The number of nitrogens with one attached hydrogen (secondary N) is 1. The highest BCUT2D eigenvalue weighted by Gasteiger charge is 2.45. The first-order chi connectivity index (χ1) is 8.58. The maximum Gasteiger partial charge on any atom is 0.115 e. The predicted molar refractivity (Wildman–Crippen MR) is 73.8 cm³/mol. The third-order valence-electron chi connectivity index (χ3n) is 5.29. The van der Waals surface area contributed by atoms with Crippen molar-refractivity contribution < 1.29 is 5.11 Å². The maximum absolute atomic E-state index is 9.67. The van der Waals surface area contributed by atoms with E-state index in [1.54, 1.807) is 6.07 Å². The Kier molecular flexibility index (Phi) is 2.86. The minimum absolute atomic E-state index is 0.330. The van der Waals surface area contributed by atoms with Crippen molar-refractivity contribution in [3.8, 4) is 5.75 Å². The Morgan fingerprint density at radius 3 is 3.00 bits per heavy atom. The summed E-state index contributed by atoms with van der Waals surface area (Å²) >= 11 is 0. The molecule has 2 fully saturated rings. The summed E-state index contributed by atoms with van der Waals surface area (Å²) in [6.07, 6.45) is 3.77. The highest BCUT2D eigenvalue weighted by atomic mass is 16.3. The van der Waals surface area contributed by atoms with E-state index in [9.17, 15) is 5.11 Å². The first-order valence-electron chi connectivity index (χ1n) is 7.12. The van der Waals surface area contributed by atoms with E-state index in [1.807, 2.05) is 12.1 Å². The molecule has 1 aliphatic heterocycles. The average molecular weight is 245 g/mol. The van der Waals surface area contributed by atoms with Crippen molar-refractivity contribution >= 4 is 0 Å². The first kappa shape index (κ1) is 12.0. The zero-order valence-corrected chi connectivity index (χ0v) is 11.3. The van der Waals surface area contributed by atoms with Crippen LogP contribution in [0.15, 0.2) is 24.3 Å². The van der Waals surface area contributed by atoms with Crippen LogP contribution < -0.4 is 5.32 Å². The summed E-state index contributed by atoms with van der Waals surface area (Å²) in [5.74, 6) is 2.50. The maximum atomic E-state index is 9.67. The molecule has 1 aromatic rings. The van der Waals surface area contributed by atoms with Crippen LogP contribution in [0.3, 0.4) is 0 Å². The summed E-state index contributed by atoms with van der Waals surface area (Å²) in [6.45, 7) is 5.88. The highest BCUT2D eigenvalue weighted by molar-refractivity contribution is 5.31. The van der Waals surface area contributed by atoms with Gasteiger partial charge < -0.3 is 10.4 Å². The van der Waals surface area contributed by atoms with Gasteiger partial charge in [-0.15, -0.1) is 0 Å². The van der Waals surface area contributed by atoms with Crippen molar-refractivity contribution in [3.05, 3.63) is 29.8 Å². The van der Waals surface area contributed by atoms with E-state index in [0.29, 0.717) is 23.1 Å². The average Bonchev–Trinajstić information content (AvgIpc) is 2.34. The Morgan fingerprint density at radius 1 is 1.39 bits per heavy atom. The smallest absolute Gasteiger partial charge is 0.115 e. The summed E-state index contributed by atoms with van der Waals surface area (Å²) in [5.41, 5.74) is 1.66. The molecule has 2 nitrogen and oxygen atoms in total. The minimum Gasteiger partial charge on any atom is -0.508 e. The molecule has 1 saturated carbocycles. The van der Waals surface area contributed by atoms with Crippen LogP contribution in [-0.4, -0.2) is 17.2 Å². The molecule has 1 heterocycles. The highest BCUT2D eigenvalue weighted by Crippen LogP contribution is 2.48. The van der Waals surface area contributed by atoms with Crippen molar-refractivity contribution in [2.75, 3.05) is 6.54 Å². The Morgan fingerprint density at radius 2 is 2.22 bits per heavy atom. The quantitative estimate of drug-likeness (QED) is 0.796. The van der Waals surface area contributed by atoms with Gasteiger partial charge >= 0.3 is 0 Å². The second kappa shape index (κ2) is 4.27. The van der Waals surface area contributed by atoms with Gasteiger partial charge in [0.05, 0.1) is 0 Å². The van der Waals surface area contributed by atoms with Gasteiger partial charge in [-0.05, 0) is 68.2 Å². The number of benzene rings is 1. The van der Waals surface area contributed by atoms with Crippen molar-refractivity contribution in [2.45, 2.75) is 44.6 Å². The zero-order valence-electron chi connectivity index (χ0n) is 11.3. The Balaban J connectivity index is 1.90. The lowest BCUT2D eigenvalue weighted by atomic mass is 9.61. The summed E-state index contributed by atoms with van der Waals surface area (Å²) < 4.78 is 0. The third-order valence-corrected chi connectivity index (χ3v) is 5.29. The number of piperidine rings is 1. The molecule has 2 N–H and O–H groups in total. The number of hydrogen-bond acceptors (Lipinski definition) is 2. The largest absolute Gasteiger partial charge is 0.508 e. The summed E-state index contributed by atoms with van der Waals surface area (Å²) in [4.78, 5) is 0. The van der Waals surface area contributed by atoms with E-state index >= 15 is 0 Å². The van der Waals surface area contributed by atoms with Gasteiger partial charge in [-0.1, -0.05) is 19.1 Å². The molecule has 1 aliphatic carbocycles. The van der Waals surface area contributed by atoms with Gasteiger partial charge in [0.2, 0.25) is 0 Å². The van der Waals surface area contributed by atoms with Gasteiger partial charge in [-0.3, -0.25) is 0 Å². The molecule has 0 aromatic heterocycles. The first-order valence-corrected chi connectivity index (χ1v) is 7.12. The molecular weight excluding hydrogens is 222 g/mol. The summed E-state index contributed by atoms with van der Waals surface area (Å²) in [5, 5.41) is 13.4. The predicted octanol–water partition coefficient (Wildman–Crippen LogP) is 3.27. The van der Waals surface area contributed by atoms with Gasteiger partial charge in [-0.2, -0.15) is 0 Å². The molecule has 18 heavy (non-hydrogen) atoms. The molecule has 0 spiro atoms. The molecule has 1 aromatic carbocycles. The van der Waals surface area contributed by atoms with Crippen LogP contribution in [0.25, 0.3) is 0 Å². The van der Waals surface area contributed by atoms with E-state index in [4.69, 9.17) is 0 Å². The van der Waals surface area contributed by atoms with Gasteiger partial charge in [0.1, 0.15) is 5.75 Å². The van der Waals surface area contributed by atoms with Crippen LogP contribution >= 0.6 is 0 Å². The number of hydrogen-bond donors (Lipinski definition) is 2. The second-order valence-electron chi connectivity index (χ2n) is 6.44.